The zero-order chi connectivity index (χ0) is 8.43. The average molecular weight is 169 g/mol. The fraction of sp³-hybridized carbons (Fsp3) is 0.143. The molecule has 3 nitrogen and oxygen atoms in total. The zero-order valence-electron chi connectivity index (χ0n) is 5.65. The van der Waals surface area contributed by atoms with Gasteiger partial charge in [-0.15, -0.1) is 0 Å². The molecule has 1 aliphatic carbocycles. The van der Waals surface area contributed by atoms with Crippen LogP contribution in [0.15, 0.2) is 23.8 Å². The first kappa shape index (κ1) is 8.10. The summed E-state index contributed by atoms with van der Waals surface area (Å²) >= 11 is 4.81. The molecular weight excluding hydrogens is 162 g/mol. The molecule has 3 N–H and O–H groups in total. The van der Waals surface area contributed by atoms with Crippen LogP contribution in [-0.4, -0.2) is 22.0 Å². The number of aliphatic carboxylic acids is 1. The summed E-state index contributed by atoms with van der Waals surface area (Å²) in [6, 6.07) is -0.312. The molecular formula is C7H7NO2S. The third kappa shape index (κ3) is 1.72. The molecule has 0 amide bonds. The molecule has 0 radical (unpaired) electrons. The first-order chi connectivity index (χ1) is 5.11. The lowest BCUT2D eigenvalue weighted by molar-refractivity contribution is -0.132. The minimum absolute atomic E-state index is 0.191. The van der Waals surface area contributed by atoms with Crippen LogP contribution in [0.5, 0.6) is 0 Å². The van der Waals surface area contributed by atoms with Crippen LogP contribution in [0.3, 0.4) is 0 Å². The van der Waals surface area contributed by atoms with Crippen LogP contribution in [0, 0.1) is 0 Å². The second-order valence-corrected chi connectivity index (χ2v) is 2.66. The van der Waals surface area contributed by atoms with Crippen molar-refractivity contribution in [1.82, 2.24) is 0 Å². The van der Waals surface area contributed by atoms with E-state index in [4.69, 9.17) is 23.1 Å². The molecule has 0 saturated heterocycles. The van der Waals surface area contributed by atoms with Gasteiger partial charge in [-0.1, -0.05) is 18.3 Å². The summed E-state index contributed by atoms with van der Waals surface area (Å²) in [5.74, 6) is -0.976. The van der Waals surface area contributed by atoms with Crippen molar-refractivity contribution in [3.05, 3.63) is 23.8 Å². The van der Waals surface area contributed by atoms with Crippen molar-refractivity contribution in [3.8, 4) is 0 Å². The Kier molecular flexibility index (Phi) is 2.16. The van der Waals surface area contributed by atoms with Crippen LogP contribution in [0.2, 0.25) is 0 Å². The fourth-order valence-corrected chi connectivity index (χ4v) is 0.938. The Bertz CT molecular complexity index is 268. The second-order valence-electron chi connectivity index (χ2n) is 2.19. The number of hydrogen-bond acceptors (Lipinski definition) is 3. The van der Waals surface area contributed by atoms with Crippen LogP contribution >= 0.6 is 12.2 Å². The van der Waals surface area contributed by atoms with Gasteiger partial charge in [0.05, 0.1) is 11.6 Å². The molecule has 1 unspecified atom stereocenters. The molecule has 1 aliphatic rings. The van der Waals surface area contributed by atoms with Crippen LogP contribution in [0.4, 0.5) is 0 Å². The van der Waals surface area contributed by atoms with Gasteiger partial charge < -0.3 is 10.8 Å². The van der Waals surface area contributed by atoms with Crippen LogP contribution in [0.1, 0.15) is 0 Å². The Balaban J connectivity index is 2.89. The highest BCUT2D eigenvalue weighted by Crippen LogP contribution is 2.07. The van der Waals surface area contributed by atoms with Gasteiger partial charge in [-0.05, 0) is 12.2 Å². The molecule has 1 atom stereocenters. The quantitative estimate of drug-likeness (QED) is 0.553. The van der Waals surface area contributed by atoms with Crippen molar-refractivity contribution in [3.63, 3.8) is 0 Å². The molecule has 58 valence electrons. The van der Waals surface area contributed by atoms with Gasteiger partial charge in [0.25, 0.3) is 0 Å². The van der Waals surface area contributed by atoms with E-state index in [1.165, 1.54) is 12.2 Å². The van der Waals surface area contributed by atoms with E-state index < -0.39 is 5.97 Å². The molecule has 0 fully saturated rings. The Morgan fingerprint density at radius 1 is 1.73 bits per heavy atom. The molecule has 4 heteroatoms. The minimum Gasteiger partial charge on any atom is -0.478 e. The van der Waals surface area contributed by atoms with E-state index in [1.807, 2.05) is 0 Å². The van der Waals surface area contributed by atoms with Crippen LogP contribution in [-0.2, 0) is 4.79 Å². The number of rotatable bonds is 1. The van der Waals surface area contributed by atoms with Gasteiger partial charge in [0, 0.05) is 4.86 Å². The van der Waals surface area contributed by atoms with Gasteiger partial charge in [0.2, 0.25) is 0 Å². The SMILES string of the molecule is NC1C=CC(C(=O)O)=CC1=S. The Morgan fingerprint density at radius 3 is 2.82 bits per heavy atom. The zero-order valence-corrected chi connectivity index (χ0v) is 6.47. The number of nitrogens with two attached hydrogens (primary N) is 1. The predicted molar refractivity (Wildman–Crippen MR) is 45.4 cm³/mol. The maximum Gasteiger partial charge on any atom is 0.335 e. The van der Waals surface area contributed by atoms with Crippen molar-refractivity contribution >= 4 is 23.1 Å². The lowest BCUT2D eigenvalue weighted by atomic mass is 10.0. The van der Waals surface area contributed by atoms with Crippen LogP contribution < -0.4 is 5.73 Å². The summed E-state index contributed by atoms with van der Waals surface area (Å²) in [5, 5.41) is 8.52. The van der Waals surface area contributed by atoms with E-state index >= 15 is 0 Å². The average Bonchev–Trinajstić information content (AvgIpc) is 1.94. The predicted octanol–water partition coefficient (Wildman–Crippen LogP) is 0.264. The summed E-state index contributed by atoms with van der Waals surface area (Å²) in [5.41, 5.74) is 5.67. The topological polar surface area (TPSA) is 63.3 Å². The highest BCUT2D eigenvalue weighted by Gasteiger charge is 2.12. The van der Waals surface area contributed by atoms with E-state index in [-0.39, 0.29) is 11.6 Å². The van der Waals surface area contributed by atoms with Gasteiger partial charge in [-0.2, -0.15) is 0 Å². The van der Waals surface area contributed by atoms with E-state index in [0.29, 0.717) is 4.86 Å². The normalized spacial score (nSPS) is 23.2. The molecule has 0 bridgehead atoms. The highest BCUT2D eigenvalue weighted by molar-refractivity contribution is 7.80. The number of hydrogen-bond donors (Lipinski definition) is 2. The molecule has 1 rings (SSSR count). The molecule has 0 saturated carbocycles. The number of carboxylic acid groups (broad SMARTS) is 1. The maximum absolute atomic E-state index is 10.4. The van der Waals surface area contributed by atoms with Gasteiger partial charge in [-0.25, -0.2) is 4.79 Å². The third-order valence-electron chi connectivity index (χ3n) is 1.36. The molecule has 0 aliphatic heterocycles. The number of thiocarbonyl (C=S) groups is 1. The first-order valence-corrected chi connectivity index (χ1v) is 3.44. The minimum atomic E-state index is -0.976. The van der Waals surface area contributed by atoms with Crippen molar-refractivity contribution < 1.29 is 9.90 Å². The van der Waals surface area contributed by atoms with E-state index in [1.54, 1.807) is 6.08 Å². The molecule has 0 aromatic heterocycles. The fourth-order valence-electron chi connectivity index (χ4n) is 0.733. The van der Waals surface area contributed by atoms with Gasteiger partial charge in [-0.3, -0.25) is 0 Å². The monoisotopic (exact) mass is 169 g/mol. The van der Waals surface area contributed by atoms with Crippen molar-refractivity contribution in [1.29, 1.82) is 0 Å². The van der Waals surface area contributed by atoms with E-state index in [9.17, 15) is 4.79 Å². The third-order valence-corrected chi connectivity index (χ3v) is 1.75. The van der Waals surface area contributed by atoms with E-state index in [2.05, 4.69) is 0 Å². The summed E-state index contributed by atoms with van der Waals surface area (Å²) in [4.78, 5) is 10.8. The lowest BCUT2D eigenvalue weighted by Crippen LogP contribution is -2.28. The standard InChI is InChI=1S/C7H7NO2S/c8-5-2-1-4(7(9)10)3-6(5)11/h1-3,5H,8H2,(H,9,10). The Labute approximate surface area is 69.2 Å². The largest absolute Gasteiger partial charge is 0.478 e. The molecule has 0 spiro atoms. The highest BCUT2D eigenvalue weighted by atomic mass is 32.1. The molecule has 0 aromatic carbocycles. The molecule has 0 heterocycles. The van der Waals surface area contributed by atoms with Crippen LogP contribution in [0.25, 0.3) is 0 Å². The van der Waals surface area contributed by atoms with Gasteiger partial charge >= 0.3 is 5.97 Å². The van der Waals surface area contributed by atoms with Crippen molar-refractivity contribution in [2.75, 3.05) is 0 Å². The number of carboxylic acids is 1. The molecule has 11 heavy (non-hydrogen) atoms. The van der Waals surface area contributed by atoms with Crippen molar-refractivity contribution in [2.24, 2.45) is 5.73 Å². The lowest BCUT2D eigenvalue weighted by Gasteiger charge is -2.09. The smallest absolute Gasteiger partial charge is 0.335 e. The van der Waals surface area contributed by atoms with E-state index in [0.717, 1.165) is 0 Å². The van der Waals surface area contributed by atoms with Gasteiger partial charge in [0.15, 0.2) is 0 Å². The summed E-state index contributed by atoms with van der Waals surface area (Å²) in [7, 11) is 0. The Morgan fingerprint density at radius 2 is 2.36 bits per heavy atom. The maximum atomic E-state index is 10.4. The van der Waals surface area contributed by atoms with Gasteiger partial charge in [0.1, 0.15) is 0 Å². The summed E-state index contributed by atoms with van der Waals surface area (Å²) < 4.78 is 0. The van der Waals surface area contributed by atoms with Crippen molar-refractivity contribution in [2.45, 2.75) is 6.04 Å². The summed E-state index contributed by atoms with van der Waals surface area (Å²) in [6.07, 6.45) is 4.44. The number of carbonyl (C=O) groups is 1. The molecule has 0 aromatic rings. The Hall–Kier alpha value is -1.000. The second kappa shape index (κ2) is 2.94. The summed E-state index contributed by atoms with van der Waals surface area (Å²) in [6.45, 7) is 0. The first-order valence-electron chi connectivity index (χ1n) is 3.04.